The van der Waals surface area contributed by atoms with Gasteiger partial charge in [-0.15, -0.1) is 0 Å². The van der Waals surface area contributed by atoms with Crippen LogP contribution < -0.4 is 5.32 Å². The molecule has 2 aliphatic rings. The van der Waals surface area contributed by atoms with Crippen molar-refractivity contribution < 1.29 is 4.79 Å². The normalized spacial score (nSPS) is 26.3. The first-order valence-electron chi connectivity index (χ1n) is 6.83. The molecule has 0 spiro atoms. The van der Waals surface area contributed by atoms with Gasteiger partial charge < -0.3 is 5.32 Å². The molecule has 1 N–H and O–H groups in total. The van der Waals surface area contributed by atoms with Crippen LogP contribution >= 0.6 is 11.8 Å². The summed E-state index contributed by atoms with van der Waals surface area (Å²) in [4.78, 5) is 12.3. The van der Waals surface area contributed by atoms with E-state index in [9.17, 15) is 4.79 Å². The Morgan fingerprint density at radius 2 is 2.11 bits per heavy atom. The summed E-state index contributed by atoms with van der Waals surface area (Å²) in [5, 5.41) is 3.09. The fourth-order valence-electron chi connectivity index (χ4n) is 3.24. The highest BCUT2D eigenvalue weighted by Gasteiger charge is 2.40. The Labute approximate surface area is 119 Å². The Morgan fingerprint density at radius 3 is 2.79 bits per heavy atom. The lowest BCUT2D eigenvalue weighted by atomic mass is 9.82. The van der Waals surface area contributed by atoms with E-state index in [0.29, 0.717) is 11.8 Å². The number of nitrogens with one attached hydrogen (secondary N) is 1. The number of fused-ring (bicyclic) bond motifs is 3. The third kappa shape index (κ3) is 2.05. The van der Waals surface area contributed by atoms with Crippen molar-refractivity contribution in [2.24, 2.45) is 0 Å². The lowest BCUT2D eigenvalue weighted by Gasteiger charge is -2.30. The molecule has 0 radical (unpaired) electrons. The van der Waals surface area contributed by atoms with Crippen molar-refractivity contribution in [2.45, 2.75) is 38.6 Å². The summed E-state index contributed by atoms with van der Waals surface area (Å²) < 4.78 is 1.78. The summed E-state index contributed by atoms with van der Waals surface area (Å²) in [5.41, 5.74) is 4.42. The monoisotopic (exact) mass is 278 g/mol. The van der Waals surface area contributed by atoms with Crippen molar-refractivity contribution in [1.82, 2.24) is 9.74 Å². The van der Waals surface area contributed by atoms with E-state index in [4.69, 9.17) is 11.8 Å². The minimum absolute atomic E-state index is 0.0519. The minimum Gasteiger partial charge on any atom is -0.347 e. The van der Waals surface area contributed by atoms with Crippen LogP contribution in [0, 0.1) is 6.92 Å². The molecule has 1 saturated heterocycles. The average molecular weight is 279 g/mol. The summed E-state index contributed by atoms with van der Waals surface area (Å²) in [6, 6.07) is 4.50. The van der Waals surface area contributed by atoms with Crippen molar-refractivity contribution in [2.75, 3.05) is 13.1 Å². The predicted octanol–water partition coefficient (Wildman–Crippen LogP) is 2.78. The van der Waals surface area contributed by atoms with Crippen LogP contribution in [0.4, 0.5) is 0 Å². The van der Waals surface area contributed by atoms with E-state index in [2.05, 4.69) is 31.3 Å². The third-order valence-corrected chi connectivity index (χ3v) is 4.55. The molecule has 4 heteroatoms. The first-order chi connectivity index (χ1) is 8.97. The highest BCUT2D eigenvalue weighted by Crippen LogP contribution is 2.37. The minimum atomic E-state index is 0.0519. The third-order valence-electron chi connectivity index (χ3n) is 4.27. The summed E-state index contributed by atoms with van der Waals surface area (Å²) >= 11 is 6.13. The number of halogens is 1. The molecular formula is C15H19ClN2O. The van der Waals surface area contributed by atoms with Crippen molar-refractivity contribution in [3.05, 3.63) is 34.4 Å². The van der Waals surface area contributed by atoms with E-state index >= 15 is 0 Å². The highest BCUT2D eigenvalue weighted by molar-refractivity contribution is 6.13. The van der Waals surface area contributed by atoms with Gasteiger partial charge in [0.1, 0.15) is 0 Å². The number of rotatable bonds is 1. The van der Waals surface area contributed by atoms with Gasteiger partial charge in [-0.3, -0.25) is 4.79 Å². The molecule has 1 aromatic rings. The number of benzene rings is 1. The predicted molar refractivity (Wildman–Crippen MR) is 76.7 cm³/mol. The number of amides is 1. The second-order valence-corrected chi connectivity index (χ2v) is 6.45. The fourth-order valence-corrected chi connectivity index (χ4v) is 3.53. The van der Waals surface area contributed by atoms with Gasteiger partial charge in [0.15, 0.2) is 0 Å². The SMILES string of the molecule is Cc1cc(C(C)C)cc2c1C(=O)N[C@@H]1CN(Cl)C[C@@H]21. The topological polar surface area (TPSA) is 32.3 Å². The van der Waals surface area contributed by atoms with Gasteiger partial charge >= 0.3 is 0 Å². The Kier molecular flexibility index (Phi) is 3.06. The molecule has 0 bridgehead atoms. The summed E-state index contributed by atoms with van der Waals surface area (Å²) in [5.74, 6) is 0.847. The first kappa shape index (κ1) is 12.9. The lowest BCUT2D eigenvalue weighted by molar-refractivity contribution is 0.0923. The Balaban J connectivity index is 2.14. The summed E-state index contributed by atoms with van der Waals surface area (Å²) in [6.45, 7) is 7.93. The molecule has 0 unspecified atom stereocenters. The van der Waals surface area contributed by atoms with E-state index in [0.717, 1.165) is 24.2 Å². The number of nitrogens with zero attached hydrogens (tertiary/aromatic N) is 1. The second kappa shape index (κ2) is 4.50. The van der Waals surface area contributed by atoms with Crippen LogP contribution in [0.15, 0.2) is 12.1 Å². The van der Waals surface area contributed by atoms with Gasteiger partial charge in [-0.2, -0.15) is 0 Å². The molecule has 19 heavy (non-hydrogen) atoms. The zero-order valence-electron chi connectivity index (χ0n) is 11.5. The van der Waals surface area contributed by atoms with E-state index in [1.807, 2.05) is 6.92 Å². The zero-order valence-corrected chi connectivity index (χ0v) is 12.3. The van der Waals surface area contributed by atoms with Crippen molar-refractivity contribution in [1.29, 1.82) is 0 Å². The molecule has 102 valence electrons. The quantitative estimate of drug-likeness (QED) is 0.801. The summed E-state index contributed by atoms with van der Waals surface area (Å²) in [7, 11) is 0. The Bertz CT molecular complexity index is 541. The van der Waals surface area contributed by atoms with Gasteiger partial charge in [-0.25, -0.2) is 4.42 Å². The van der Waals surface area contributed by atoms with E-state index < -0.39 is 0 Å². The van der Waals surface area contributed by atoms with Crippen LogP contribution in [0.1, 0.15) is 52.7 Å². The molecule has 2 atom stereocenters. The van der Waals surface area contributed by atoms with E-state index in [1.165, 1.54) is 11.1 Å². The maximum absolute atomic E-state index is 12.3. The van der Waals surface area contributed by atoms with Crippen molar-refractivity contribution in [3.63, 3.8) is 0 Å². The van der Waals surface area contributed by atoms with Crippen LogP contribution in [-0.4, -0.2) is 29.5 Å². The largest absolute Gasteiger partial charge is 0.347 e. The van der Waals surface area contributed by atoms with Gasteiger partial charge in [0.05, 0.1) is 6.04 Å². The van der Waals surface area contributed by atoms with Gasteiger partial charge in [-0.05, 0) is 41.3 Å². The van der Waals surface area contributed by atoms with Crippen LogP contribution in [0.2, 0.25) is 0 Å². The molecule has 1 aromatic carbocycles. The van der Waals surface area contributed by atoms with E-state index in [-0.39, 0.29) is 11.9 Å². The molecule has 2 heterocycles. The van der Waals surface area contributed by atoms with Crippen LogP contribution in [-0.2, 0) is 0 Å². The molecule has 2 aliphatic heterocycles. The van der Waals surface area contributed by atoms with Gasteiger partial charge in [0, 0.05) is 24.6 Å². The van der Waals surface area contributed by atoms with Gasteiger partial charge in [0.2, 0.25) is 0 Å². The second-order valence-electron chi connectivity index (χ2n) is 5.97. The Morgan fingerprint density at radius 1 is 1.37 bits per heavy atom. The zero-order chi connectivity index (χ0) is 13.7. The van der Waals surface area contributed by atoms with Gasteiger partial charge in [0.25, 0.3) is 5.91 Å². The molecular weight excluding hydrogens is 260 g/mol. The lowest BCUT2D eigenvalue weighted by Crippen LogP contribution is -2.44. The number of hydrogen-bond donors (Lipinski definition) is 1. The maximum atomic E-state index is 12.3. The molecule has 3 rings (SSSR count). The average Bonchev–Trinajstić information content (AvgIpc) is 2.68. The van der Waals surface area contributed by atoms with E-state index in [1.54, 1.807) is 4.42 Å². The van der Waals surface area contributed by atoms with Gasteiger partial charge in [-0.1, -0.05) is 26.0 Å². The summed E-state index contributed by atoms with van der Waals surface area (Å²) in [6.07, 6.45) is 0. The molecule has 0 saturated carbocycles. The molecule has 0 aromatic heterocycles. The standard InChI is InChI=1S/C15H19ClN2O/c1-8(2)10-4-9(3)14-11(5-10)12-6-18(16)7-13(12)17-15(14)19/h4-5,8,12-13H,6-7H2,1-3H3,(H,17,19)/t12-,13+/m0/s1. The highest BCUT2D eigenvalue weighted by atomic mass is 35.5. The maximum Gasteiger partial charge on any atom is 0.252 e. The number of carbonyl (C=O) groups is 1. The van der Waals surface area contributed by atoms with Crippen molar-refractivity contribution in [3.8, 4) is 0 Å². The fraction of sp³-hybridized carbons (Fsp3) is 0.533. The van der Waals surface area contributed by atoms with Crippen LogP contribution in [0.5, 0.6) is 0 Å². The number of carbonyl (C=O) groups excluding carboxylic acids is 1. The first-order valence-corrected chi connectivity index (χ1v) is 7.17. The van der Waals surface area contributed by atoms with Crippen LogP contribution in [0.25, 0.3) is 0 Å². The molecule has 3 nitrogen and oxygen atoms in total. The van der Waals surface area contributed by atoms with Crippen LogP contribution in [0.3, 0.4) is 0 Å². The number of hydrogen-bond acceptors (Lipinski definition) is 2. The molecule has 1 amide bonds. The smallest absolute Gasteiger partial charge is 0.252 e. The van der Waals surface area contributed by atoms with Crippen molar-refractivity contribution >= 4 is 17.7 Å². The molecule has 1 fully saturated rings. The molecule has 0 aliphatic carbocycles. The Hall–Kier alpha value is -1.06. The number of aryl methyl sites for hydroxylation is 1.